The highest BCUT2D eigenvalue weighted by atomic mass is 32.1. The number of methoxy groups -OCH3 is 1. The highest BCUT2D eigenvalue weighted by Gasteiger charge is 2.25. The van der Waals surface area contributed by atoms with Crippen LogP contribution in [0, 0.1) is 5.92 Å². The van der Waals surface area contributed by atoms with E-state index in [9.17, 15) is 4.79 Å². The Morgan fingerprint density at radius 3 is 2.85 bits per heavy atom. The molecule has 0 radical (unpaired) electrons. The molecule has 0 aliphatic carbocycles. The largest absolute Gasteiger partial charge is 0.497 e. The fourth-order valence-electron chi connectivity index (χ4n) is 2.48. The van der Waals surface area contributed by atoms with Crippen molar-refractivity contribution in [1.82, 2.24) is 4.98 Å². The molecule has 1 saturated heterocycles. The molecule has 20 heavy (non-hydrogen) atoms. The van der Waals surface area contributed by atoms with Gasteiger partial charge in [-0.05, 0) is 25.0 Å². The molecule has 0 spiro atoms. The Labute approximate surface area is 120 Å². The van der Waals surface area contributed by atoms with Crippen LogP contribution in [0.4, 0.5) is 5.13 Å². The molecular formula is C14H16N2O3S. The highest BCUT2D eigenvalue weighted by Crippen LogP contribution is 2.33. The number of aliphatic carboxylic acids is 1. The van der Waals surface area contributed by atoms with Crippen LogP contribution in [0.1, 0.15) is 12.8 Å². The quantitative estimate of drug-likeness (QED) is 0.942. The van der Waals surface area contributed by atoms with Crippen LogP contribution in [0.3, 0.4) is 0 Å². The highest BCUT2D eigenvalue weighted by molar-refractivity contribution is 7.22. The topological polar surface area (TPSA) is 62.7 Å². The summed E-state index contributed by atoms with van der Waals surface area (Å²) in [6.45, 7) is 1.52. The number of thiazole rings is 1. The maximum atomic E-state index is 11.0. The van der Waals surface area contributed by atoms with Crippen LogP contribution >= 0.6 is 11.3 Å². The summed E-state index contributed by atoms with van der Waals surface area (Å²) in [6, 6.07) is 5.87. The van der Waals surface area contributed by atoms with E-state index in [1.54, 1.807) is 18.4 Å². The third kappa shape index (κ3) is 2.43. The molecule has 1 aromatic heterocycles. The first-order valence-electron chi connectivity index (χ1n) is 6.59. The fraction of sp³-hybridized carbons (Fsp3) is 0.429. The van der Waals surface area contributed by atoms with E-state index in [1.165, 1.54) is 0 Å². The molecule has 0 amide bonds. The minimum atomic E-state index is -0.682. The first-order chi connectivity index (χ1) is 9.67. The molecule has 0 atom stereocenters. The normalized spacial score (nSPS) is 16.6. The molecule has 3 rings (SSSR count). The van der Waals surface area contributed by atoms with E-state index in [2.05, 4.69) is 9.88 Å². The predicted molar refractivity (Wildman–Crippen MR) is 78.7 cm³/mol. The van der Waals surface area contributed by atoms with Gasteiger partial charge in [0.1, 0.15) is 5.75 Å². The minimum absolute atomic E-state index is 0.208. The number of hydrogen-bond donors (Lipinski definition) is 1. The molecule has 5 nitrogen and oxygen atoms in total. The summed E-state index contributed by atoms with van der Waals surface area (Å²) in [5.41, 5.74) is 0.935. The summed E-state index contributed by atoms with van der Waals surface area (Å²) in [7, 11) is 1.64. The molecule has 0 unspecified atom stereocenters. The number of carboxylic acid groups (broad SMARTS) is 1. The van der Waals surface area contributed by atoms with Crippen molar-refractivity contribution < 1.29 is 14.6 Å². The lowest BCUT2D eigenvalue weighted by molar-refractivity contribution is -0.142. The van der Waals surface area contributed by atoms with E-state index in [0.29, 0.717) is 12.8 Å². The molecule has 6 heteroatoms. The Kier molecular flexibility index (Phi) is 3.48. The summed E-state index contributed by atoms with van der Waals surface area (Å²) in [4.78, 5) is 17.8. The molecule has 1 aliphatic heterocycles. The van der Waals surface area contributed by atoms with Crippen molar-refractivity contribution in [2.24, 2.45) is 5.92 Å². The van der Waals surface area contributed by atoms with Crippen molar-refractivity contribution in [2.75, 3.05) is 25.1 Å². The third-order valence-corrected chi connectivity index (χ3v) is 4.80. The average Bonchev–Trinajstić information content (AvgIpc) is 2.90. The van der Waals surface area contributed by atoms with E-state index in [4.69, 9.17) is 9.84 Å². The number of anilines is 1. The van der Waals surface area contributed by atoms with Crippen LogP contribution in [0.15, 0.2) is 18.2 Å². The average molecular weight is 292 g/mol. The van der Waals surface area contributed by atoms with E-state index < -0.39 is 5.97 Å². The lowest BCUT2D eigenvalue weighted by Gasteiger charge is -2.29. The number of rotatable bonds is 3. The van der Waals surface area contributed by atoms with Gasteiger partial charge in [0.05, 0.1) is 23.2 Å². The van der Waals surface area contributed by atoms with Gasteiger partial charge >= 0.3 is 5.97 Å². The number of carbonyl (C=O) groups is 1. The molecule has 0 saturated carbocycles. The lowest BCUT2D eigenvalue weighted by Crippen LogP contribution is -2.36. The van der Waals surface area contributed by atoms with Crippen molar-refractivity contribution in [1.29, 1.82) is 0 Å². The van der Waals surface area contributed by atoms with Crippen LogP contribution in [-0.2, 0) is 4.79 Å². The number of ether oxygens (including phenoxy) is 1. The van der Waals surface area contributed by atoms with Gasteiger partial charge < -0.3 is 14.7 Å². The van der Waals surface area contributed by atoms with E-state index in [0.717, 1.165) is 34.2 Å². The minimum Gasteiger partial charge on any atom is -0.497 e. The molecule has 0 bridgehead atoms. The Morgan fingerprint density at radius 2 is 2.20 bits per heavy atom. The van der Waals surface area contributed by atoms with Crippen molar-refractivity contribution in [3.63, 3.8) is 0 Å². The van der Waals surface area contributed by atoms with Gasteiger partial charge in [-0.15, -0.1) is 0 Å². The Bertz CT molecular complexity index is 632. The van der Waals surface area contributed by atoms with Gasteiger partial charge in [0.2, 0.25) is 0 Å². The molecule has 2 aromatic rings. The first-order valence-corrected chi connectivity index (χ1v) is 7.41. The number of benzene rings is 1. The number of carboxylic acids is 1. The lowest BCUT2D eigenvalue weighted by atomic mass is 9.98. The Balaban J connectivity index is 1.79. The van der Waals surface area contributed by atoms with Crippen molar-refractivity contribution in [3.05, 3.63) is 18.2 Å². The van der Waals surface area contributed by atoms with Crippen LogP contribution in [0.25, 0.3) is 10.2 Å². The summed E-state index contributed by atoms with van der Waals surface area (Å²) < 4.78 is 6.33. The standard InChI is InChI=1S/C14H16N2O3S/c1-19-10-2-3-12-11(8-10)15-14(20-12)16-6-4-9(5-7-16)13(17)18/h2-3,8-9H,4-7H2,1H3,(H,17,18). The predicted octanol–water partition coefficient (Wildman–Crippen LogP) is 2.61. The van der Waals surface area contributed by atoms with Crippen LogP contribution in [0.2, 0.25) is 0 Å². The maximum Gasteiger partial charge on any atom is 0.306 e. The SMILES string of the molecule is COc1ccc2sc(N3CCC(C(=O)O)CC3)nc2c1. The summed E-state index contributed by atoms with van der Waals surface area (Å²) in [6.07, 6.45) is 1.38. The molecule has 1 aliphatic rings. The number of piperidine rings is 1. The molecule has 1 fully saturated rings. The first kappa shape index (κ1) is 13.2. The van der Waals surface area contributed by atoms with Gasteiger partial charge in [-0.2, -0.15) is 0 Å². The molecule has 1 aromatic carbocycles. The Morgan fingerprint density at radius 1 is 1.45 bits per heavy atom. The molecular weight excluding hydrogens is 276 g/mol. The number of hydrogen-bond acceptors (Lipinski definition) is 5. The molecule has 106 valence electrons. The smallest absolute Gasteiger partial charge is 0.306 e. The van der Waals surface area contributed by atoms with Gasteiger partial charge in [0.15, 0.2) is 5.13 Å². The zero-order valence-corrected chi connectivity index (χ0v) is 12.0. The van der Waals surface area contributed by atoms with Gasteiger partial charge in [0, 0.05) is 19.2 Å². The summed E-state index contributed by atoms with van der Waals surface area (Å²) in [5, 5.41) is 9.99. The van der Waals surface area contributed by atoms with Gasteiger partial charge in [-0.25, -0.2) is 4.98 Å². The molecule has 1 N–H and O–H groups in total. The Hall–Kier alpha value is -1.82. The second kappa shape index (κ2) is 5.28. The van der Waals surface area contributed by atoms with E-state index >= 15 is 0 Å². The number of nitrogens with zero attached hydrogens (tertiary/aromatic N) is 2. The van der Waals surface area contributed by atoms with Crippen molar-refractivity contribution in [2.45, 2.75) is 12.8 Å². The van der Waals surface area contributed by atoms with Crippen molar-refractivity contribution in [3.8, 4) is 5.75 Å². The molecule has 2 heterocycles. The van der Waals surface area contributed by atoms with Gasteiger partial charge in [-0.3, -0.25) is 4.79 Å². The fourth-order valence-corrected chi connectivity index (χ4v) is 3.47. The second-order valence-corrected chi connectivity index (χ2v) is 5.94. The van der Waals surface area contributed by atoms with Gasteiger partial charge in [-0.1, -0.05) is 11.3 Å². The summed E-state index contributed by atoms with van der Waals surface area (Å²) in [5.74, 6) is -0.0849. The van der Waals surface area contributed by atoms with Crippen molar-refractivity contribution >= 4 is 32.7 Å². The third-order valence-electron chi connectivity index (χ3n) is 3.70. The van der Waals surface area contributed by atoms with E-state index in [1.807, 2.05) is 18.2 Å². The zero-order chi connectivity index (χ0) is 14.1. The van der Waals surface area contributed by atoms with Crippen LogP contribution in [0.5, 0.6) is 5.75 Å². The van der Waals surface area contributed by atoms with Crippen LogP contribution in [-0.4, -0.2) is 36.3 Å². The maximum absolute atomic E-state index is 11.0. The summed E-state index contributed by atoms with van der Waals surface area (Å²) >= 11 is 1.64. The number of aromatic nitrogens is 1. The van der Waals surface area contributed by atoms with Gasteiger partial charge in [0.25, 0.3) is 0 Å². The zero-order valence-electron chi connectivity index (χ0n) is 11.2. The second-order valence-electron chi connectivity index (χ2n) is 4.93. The van der Waals surface area contributed by atoms with E-state index in [-0.39, 0.29) is 5.92 Å². The van der Waals surface area contributed by atoms with Crippen LogP contribution < -0.4 is 9.64 Å². The monoisotopic (exact) mass is 292 g/mol. The number of fused-ring (bicyclic) bond motifs is 1.